The van der Waals surface area contributed by atoms with E-state index < -0.39 is 33.0 Å². The van der Waals surface area contributed by atoms with Crippen molar-refractivity contribution in [1.29, 1.82) is 0 Å². The molecule has 1 atom stereocenters. The minimum atomic E-state index is -4.20. The van der Waals surface area contributed by atoms with Gasteiger partial charge in [-0.25, -0.2) is 18.5 Å². The quantitative estimate of drug-likeness (QED) is 0.0970. The summed E-state index contributed by atoms with van der Waals surface area (Å²) in [7, 11) is -4.20. The summed E-state index contributed by atoms with van der Waals surface area (Å²) in [5, 5.41) is 26.1. The molecule has 13 heteroatoms. The molecule has 0 spiro atoms. The zero-order valence-corrected chi connectivity index (χ0v) is 20.0. The Kier molecular flexibility index (Phi) is 8.40. The van der Waals surface area contributed by atoms with E-state index in [1.165, 1.54) is 24.3 Å². The lowest BCUT2D eigenvalue weighted by atomic mass is 10.1. The fourth-order valence-electron chi connectivity index (χ4n) is 3.67. The number of primary amides is 1. The van der Waals surface area contributed by atoms with Gasteiger partial charge in [-0.15, -0.1) is 0 Å². The topological polar surface area (TPSA) is 194 Å². The van der Waals surface area contributed by atoms with Crippen LogP contribution in [0, 0.1) is 10.1 Å². The Labute approximate surface area is 207 Å². The number of hydrazone groups is 1. The van der Waals surface area contributed by atoms with E-state index in [0.717, 1.165) is 9.69 Å². The number of fused-ring (bicyclic) bond motifs is 1. The summed E-state index contributed by atoms with van der Waals surface area (Å²) in [6.45, 7) is -0.0859. The number of nitrogens with one attached hydrogen (secondary N) is 1. The molecule has 0 aliphatic rings. The smallest absolute Gasteiger partial charge is 0.266 e. The van der Waals surface area contributed by atoms with E-state index in [4.69, 9.17) is 11.5 Å². The first-order chi connectivity index (χ1) is 17.1. The van der Waals surface area contributed by atoms with Crippen molar-refractivity contribution >= 4 is 32.7 Å². The molecule has 6 N–H and O–H groups in total. The van der Waals surface area contributed by atoms with Gasteiger partial charge in [0.25, 0.3) is 5.96 Å². The SMILES string of the molecule is NC(=O)[C@@H](CCCNC(N)=N[N+](=O)[O-])N(Cc1ccc(O)cc1)S(=O)(=O)c1ccc2ccccc2c1. The van der Waals surface area contributed by atoms with E-state index in [-0.39, 0.29) is 36.6 Å². The summed E-state index contributed by atoms with van der Waals surface area (Å²) in [4.78, 5) is 22.9. The first kappa shape index (κ1) is 26.4. The number of hydrogen-bond acceptors (Lipinski definition) is 6. The Bertz CT molecular complexity index is 1380. The maximum absolute atomic E-state index is 13.8. The number of nitro groups is 1. The van der Waals surface area contributed by atoms with Gasteiger partial charge in [0.05, 0.1) is 4.90 Å². The molecule has 3 aromatic rings. The van der Waals surface area contributed by atoms with Crippen LogP contribution in [0.4, 0.5) is 0 Å². The Morgan fingerprint density at radius 3 is 2.39 bits per heavy atom. The molecule has 0 aliphatic heterocycles. The van der Waals surface area contributed by atoms with E-state index in [2.05, 4.69) is 10.4 Å². The third-order valence-electron chi connectivity index (χ3n) is 5.43. The molecule has 0 aromatic heterocycles. The summed E-state index contributed by atoms with van der Waals surface area (Å²) in [5.41, 5.74) is 11.6. The number of amides is 1. The van der Waals surface area contributed by atoms with Crippen molar-refractivity contribution in [1.82, 2.24) is 9.62 Å². The minimum absolute atomic E-state index is 0.00767. The second-order valence-electron chi connectivity index (χ2n) is 7.94. The van der Waals surface area contributed by atoms with Gasteiger partial charge in [-0.05, 0) is 53.4 Å². The number of nitrogens with two attached hydrogens (primary N) is 2. The van der Waals surface area contributed by atoms with Crippen LogP contribution in [0.1, 0.15) is 18.4 Å². The van der Waals surface area contributed by atoms with Gasteiger partial charge in [0.2, 0.25) is 15.9 Å². The van der Waals surface area contributed by atoms with Crippen LogP contribution in [-0.2, 0) is 21.4 Å². The maximum Gasteiger partial charge on any atom is 0.266 e. The molecule has 3 aromatic carbocycles. The number of nitrogens with zero attached hydrogens (tertiary/aromatic N) is 3. The molecule has 0 saturated carbocycles. The van der Waals surface area contributed by atoms with Crippen LogP contribution in [-0.4, -0.2) is 47.3 Å². The molecule has 3 rings (SSSR count). The van der Waals surface area contributed by atoms with Crippen LogP contribution in [0.2, 0.25) is 0 Å². The molecule has 12 nitrogen and oxygen atoms in total. The Morgan fingerprint density at radius 1 is 1.08 bits per heavy atom. The van der Waals surface area contributed by atoms with Crippen LogP contribution in [0.3, 0.4) is 0 Å². The maximum atomic E-state index is 13.8. The normalized spacial score (nSPS) is 13.0. The number of carbonyl (C=O) groups excluding carboxylic acids is 1. The summed E-state index contributed by atoms with van der Waals surface area (Å²) in [6, 6.07) is 16.6. The van der Waals surface area contributed by atoms with Crippen molar-refractivity contribution in [2.75, 3.05) is 6.54 Å². The Hall–Kier alpha value is -4.23. The van der Waals surface area contributed by atoms with Gasteiger partial charge in [-0.3, -0.25) is 4.79 Å². The van der Waals surface area contributed by atoms with E-state index in [1.54, 1.807) is 30.3 Å². The highest BCUT2D eigenvalue weighted by Gasteiger charge is 2.35. The molecule has 0 saturated heterocycles. The van der Waals surface area contributed by atoms with Gasteiger partial charge in [0.15, 0.2) is 5.03 Å². The molecule has 190 valence electrons. The molecule has 0 unspecified atom stereocenters. The number of aromatic hydroxyl groups is 1. The van der Waals surface area contributed by atoms with Crippen molar-refractivity contribution in [3.63, 3.8) is 0 Å². The number of benzene rings is 3. The number of rotatable bonds is 11. The number of phenols is 1. The van der Waals surface area contributed by atoms with Gasteiger partial charge in [0, 0.05) is 13.1 Å². The number of phenolic OH excluding ortho intramolecular Hbond substituents is 1. The first-order valence-electron chi connectivity index (χ1n) is 10.9. The van der Waals surface area contributed by atoms with Crippen molar-refractivity contribution in [3.05, 3.63) is 82.4 Å². The molecule has 0 heterocycles. The van der Waals surface area contributed by atoms with E-state index in [0.29, 0.717) is 10.9 Å². The molecule has 0 fully saturated rings. The average molecular weight is 515 g/mol. The van der Waals surface area contributed by atoms with E-state index >= 15 is 0 Å². The lowest BCUT2D eigenvalue weighted by Gasteiger charge is -2.29. The molecular formula is C23H26N6O6S. The number of guanidine groups is 1. The van der Waals surface area contributed by atoms with Gasteiger partial charge in [-0.2, -0.15) is 4.31 Å². The van der Waals surface area contributed by atoms with E-state index in [1.807, 2.05) is 12.1 Å². The highest BCUT2D eigenvalue weighted by atomic mass is 32.2. The average Bonchev–Trinajstić information content (AvgIpc) is 2.83. The third-order valence-corrected chi connectivity index (χ3v) is 7.28. The predicted octanol–water partition coefficient (Wildman–Crippen LogP) is 1.47. The zero-order chi connectivity index (χ0) is 26.3. The van der Waals surface area contributed by atoms with Gasteiger partial charge in [-0.1, -0.05) is 42.5 Å². The monoisotopic (exact) mass is 514 g/mol. The molecular weight excluding hydrogens is 488 g/mol. The summed E-state index contributed by atoms with van der Waals surface area (Å²) in [6.07, 6.45) is 0.222. The summed E-state index contributed by atoms with van der Waals surface area (Å²) < 4.78 is 28.6. The lowest BCUT2D eigenvalue weighted by molar-refractivity contribution is -0.485. The molecule has 0 bridgehead atoms. The van der Waals surface area contributed by atoms with Gasteiger partial charge in [0.1, 0.15) is 16.9 Å². The van der Waals surface area contributed by atoms with Crippen molar-refractivity contribution in [3.8, 4) is 5.75 Å². The number of hydrogen-bond donors (Lipinski definition) is 4. The van der Waals surface area contributed by atoms with Crippen molar-refractivity contribution < 1.29 is 23.4 Å². The van der Waals surface area contributed by atoms with Crippen LogP contribution >= 0.6 is 0 Å². The van der Waals surface area contributed by atoms with Crippen LogP contribution in [0.5, 0.6) is 5.75 Å². The summed E-state index contributed by atoms with van der Waals surface area (Å²) >= 11 is 0. The van der Waals surface area contributed by atoms with Crippen LogP contribution in [0.25, 0.3) is 10.8 Å². The predicted molar refractivity (Wildman–Crippen MR) is 134 cm³/mol. The van der Waals surface area contributed by atoms with Crippen LogP contribution < -0.4 is 16.8 Å². The fourth-order valence-corrected chi connectivity index (χ4v) is 5.32. The first-order valence-corrected chi connectivity index (χ1v) is 12.3. The van der Waals surface area contributed by atoms with Crippen molar-refractivity contribution in [2.45, 2.75) is 30.3 Å². The molecule has 0 radical (unpaired) electrons. The highest BCUT2D eigenvalue weighted by molar-refractivity contribution is 7.89. The highest BCUT2D eigenvalue weighted by Crippen LogP contribution is 2.26. The lowest BCUT2D eigenvalue weighted by Crippen LogP contribution is -2.47. The minimum Gasteiger partial charge on any atom is -0.508 e. The van der Waals surface area contributed by atoms with Gasteiger partial charge >= 0.3 is 0 Å². The standard InChI is InChI=1S/C23H26N6O6S/c24-22(31)21(6-3-13-26-23(25)27-29(32)33)28(15-16-7-10-19(30)11-8-16)36(34,35)20-12-9-17-4-1-2-5-18(17)14-20/h1-2,4-5,7-12,14,21,30H,3,6,13,15H2,(H2,24,31)(H3,25,26,27)/t21-/m1/s1. The Balaban J connectivity index is 1.93. The van der Waals surface area contributed by atoms with Crippen molar-refractivity contribution in [2.24, 2.45) is 16.6 Å². The molecule has 36 heavy (non-hydrogen) atoms. The second-order valence-corrected chi connectivity index (χ2v) is 9.83. The van der Waals surface area contributed by atoms with E-state index in [9.17, 15) is 28.4 Å². The third kappa shape index (κ3) is 6.67. The molecule has 1 amide bonds. The van der Waals surface area contributed by atoms with Gasteiger partial charge < -0.3 is 21.9 Å². The largest absolute Gasteiger partial charge is 0.508 e. The molecule has 0 aliphatic carbocycles. The Morgan fingerprint density at radius 2 is 1.75 bits per heavy atom. The van der Waals surface area contributed by atoms with Crippen LogP contribution in [0.15, 0.2) is 76.7 Å². The number of sulfonamides is 1. The number of carbonyl (C=O) groups is 1. The summed E-state index contributed by atoms with van der Waals surface area (Å²) in [5.74, 6) is -1.26. The fraction of sp³-hybridized carbons (Fsp3) is 0.217. The second kappa shape index (κ2) is 11.5. The zero-order valence-electron chi connectivity index (χ0n) is 19.1.